The largest absolute Gasteiger partial charge is 3.00 e. The van der Waals surface area contributed by atoms with Crippen LogP contribution in [0.1, 0.15) is 0 Å². The molecule has 0 rings (SSSR count). The molecule has 0 aliphatic heterocycles. The third kappa shape index (κ3) is 20.6. The van der Waals surface area contributed by atoms with Gasteiger partial charge in [0.1, 0.15) is 0 Å². The Hall–Kier alpha value is 2.62. The molecule has 5 heavy (non-hydrogen) atoms. The van der Waals surface area contributed by atoms with Gasteiger partial charge in [-0.3, -0.25) is 0 Å². The molecule has 0 heterocycles. The van der Waals surface area contributed by atoms with E-state index in [-0.39, 0.29) is 99.5 Å². The zero-order valence-corrected chi connectivity index (χ0v) is 9.15. The van der Waals surface area contributed by atoms with Crippen molar-refractivity contribution in [2.24, 2.45) is 0 Å². The number of rotatable bonds is 0. The predicted molar refractivity (Wildman–Crippen MR) is 2.06 cm³/mol. The minimum Gasteiger partial charge on any atom is -2.00 e. The molecule has 0 aliphatic rings. The summed E-state index contributed by atoms with van der Waals surface area (Å²) in [5, 5.41) is 0. The molecular formula is CeO3Pr. The maximum absolute atomic E-state index is 0. The van der Waals surface area contributed by atoms with Crippen molar-refractivity contribution >= 4 is 0 Å². The van der Waals surface area contributed by atoms with Crippen LogP contribution in [0, 0.1) is 83.0 Å². The molecule has 5 heteroatoms. The van der Waals surface area contributed by atoms with E-state index in [4.69, 9.17) is 0 Å². The molecule has 0 aromatic rings. The Morgan fingerprint density at radius 2 is 0.600 bits per heavy atom. The van der Waals surface area contributed by atoms with Gasteiger partial charge in [0.2, 0.25) is 0 Å². The van der Waals surface area contributed by atoms with Crippen molar-refractivity contribution in [2.45, 2.75) is 0 Å². The van der Waals surface area contributed by atoms with Crippen LogP contribution in [0.5, 0.6) is 0 Å². The minimum atomic E-state index is 0. The van der Waals surface area contributed by atoms with E-state index in [1.54, 1.807) is 0 Å². The first-order valence-corrected chi connectivity index (χ1v) is 0. The van der Waals surface area contributed by atoms with Crippen LogP contribution in [0.25, 0.3) is 0 Å². The second kappa shape index (κ2) is 30.5. The van der Waals surface area contributed by atoms with E-state index in [1.165, 1.54) is 0 Å². The molecule has 0 aromatic heterocycles. The topological polar surface area (TPSA) is 85.5 Å². The van der Waals surface area contributed by atoms with Gasteiger partial charge >= 0.3 is 83.0 Å². The van der Waals surface area contributed by atoms with Crippen LogP contribution in [0.3, 0.4) is 0 Å². The number of hydrogen-bond donors (Lipinski definition) is 0. The standard InChI is InChI=1S/Ce.3O.Pr/q+3;3*-2;+3. The van der Waals surface area contributed by atoms with E-state index < -0.39 is 0 Å². The summed E-state index contributed by atoms with van der Waals surface area (Å²) in [4.78, 5) is 0. The molecule has 1 radical (unpaired) electrons. The average molecular weight is 329 g/mol. The van der Waals surface area contributed by atoms with Gasteiger partial charge < -0.3 is 16.4 Å². The van der Waals surface area contributed by atoms with Crippen molar-refractivity contribution in [2.75, 3.05) is 0 Å². The fourth-order valence-corrected chi connectivity index (χ4v) is 0. The normalized spacial score (nSPS) is 0. The van der Waals surface area contributed by atoms with Gasteiger partial charge in [0.15, 0.2) is 0 Å². The molecule has 0 aliphatic carbocycles. The van der Waals surface area contributed by atoms with Gasteiger partial charge in [0.05, 0.1) is 0 Å². The van der Waals surface area contributed by atoms with Gasteiger partial charge in [0, 0.05) is 0 Å². The molecule has 0 aromatic carbocycles. The molecule has 0 atom stereocenters. The molecule has 25 valence electrons. The van der Waals surface area contributed by atoms with Crippen LogP contribution in [0.4, 0.5) is 0 Å². The predicted octanol–water partition coefficient (Wildman–Crippen LogP) is -0.356. The average Bonchev–Trinajstić information content (AvgIpc) is 0. The Bertz CT molecular complexity index is 6.85. The Kier molecular flexibility index (Phi) is 296. The monoisotopic (exact) mass is 329 g/mol. The van der Waals surface area contributed by atoms with Gasteiger partial charge in [-0.1, -0.05) is 0 Å². The first-order chi connectivity index (χ1) is 0. The quantitative estimate of drug-likeness (QED) is 0.582. The van der Waals surface area contributed by atoms with E-state index in [1.807, 2.05) is 0 Å². The van der Waals surface area contributed by atoms with Crippen LogP contribution in [0.2, 0.25) is 0 Å². The molecular weight excluding hydrogens is 329 g/mol. The second-order valence-corrected chi connectivity index (χ2v) is 0. The zero-order chi connectivity index (χ0) is 0. The van der Waals surface area contributed by atoms with Gasteiger partial charge in [0.25, 0.3) is 0 Å². The zero-order valence-electron chi connectivity index (χ0n) is 2.30. The third-order valence-corrected chi connectivity index (χ3v) is 0. The van der Waals surface area contributed by atoms with Gasteiger partial charge in [-0.05, 0) is 0 Å². The van der Waals surface area contributed by atoms with Crippen LogP contribution in [-0.4, -0.2) is 0 Å². The van der Waals surface area contributed by atoms with Crippen molar-refractivity contribution in [3.63, 3.8) is 0 Å². The van der Waals surface area contributed by atoms with E-state index >= 15 is 0 Å². The van der Waals surface area contributed by atoms with Crippen molar-refractivity contribution in [1.82, 2.24) is 0 Å². The molecule has 0 unspecified atom stereocenters. The first kappa shape index (κ1) is 48.6. The summed E-state index contributed by atoms with van der Waals surface area (Å²) in [6, 6.07) is 0. The smallest absolute Gasteiger partial charge is 2.00 e. The third-order valence-electron chi connectivity index (χ3n) is 0. The molecule has 0 saturated heterocycles. The second-order valence-electron chi connectivity index (χ2n) is 0. The summed E-state index contributed by atoms with van der Waals surface area (Å²) >= 11 is 0. The van der Waals surface area contributed by atoms with Gasteiger partial charge in [-0.25, -0.2) is 0 Å². The summed E-state index contributed by atoms with van der Waals surface area (Å²) in [7, 11) is 0. The van der Waals surface area contributed by atoms with Gasteiger partial charge in [-0.2, -0.15) is 0 Å². The van der Waals surface area contributed by atoms with Crippen LogP contribution >= 0.6 is 0 Å². The molecule has 0 amide bonds. The summed E-state index contributed by atoms with van der Waals surface area (Å²) in [5.74, 6) is 0. The fourth-order valence-electron chi connectivity index (χ4n) is 0. The summed E-state index contributed by atoms with van der Waals surface area (Å²) in [6.07, 6.45) is 0. The Morgan fingerprint density at radius 3 is 0.600 bits per heavy atom. The summed E-state index contributed by atoms with van der Waals surface area (Å²) in [5.41, 5.74) is 0. The molecule has 0 fully saturated rings. The van der Waals surface area contributed by atoms with Crippen molar-refractivity contribution in [3.8, 4) is 0 Å². The Balaban J connectivity index is 0. The van der Waals surface area contributed by atoms with E-state index in [0.717, 1.165) is 0 Å². The van der Waals surface area contributed by atoms with Crippen molar-refractivity contribution in [3.05, 3.63) is 0 Å². The maximum Gasteiger partial charge on any atom is 3.00 e. The Morgan fingerprint density at radius 1 is 0.600 bits per heavy atom. The molecule has 0 bridgehead atoms. The minimum absolute atomic E-state index is 0. The molecule has 0 saturated carbocycles. The van der Waals surface area contributed by atoms with E-state index in [9.17, 15) is 0 Å². The summed E-state index contributed by atoms with van der Waals surface area (Å²) in [6.45, 7) is 0. The van der Waals surface area contributed by atoms with Gasteiger partial charge in [-0.15, -0.1) is 0 Å². The van der Waals surface area contributed by atoms with Crippen LogP contribution in [-0.2, 0) is 16.4 Å². The first-order valence-electron chi connectivity index (χ1n) is 0. The van der Waals surface area contributed by atoms with E-state index in [0.29, 0.717) is 0 Å². The van der Waals surface area contributed by atoms with Crippen LogP contribution < -0.4 is 0 Å². The van der Waals surface area contributed by atoms with Crippen molar-refractivity contribution in [1.29, 1.82) is 0 Å². The molecule has 3 nitrogen and oxygen atoms in total. The SMILES string of the molecule is [Ce+3].[O-2].[O-2].[O-2].[Pr+3]. The van der Waals surface area contributed by atoms with Crippen molar-refractivity contribution < 1.29 is 99.5 Å². The Labute approximate surface area is 97.1 Å². The molecule has 0 N–H and O–H groups in total. The maximum atomic E-state index is 0. The van der Waals surface area contributed by atoms with E-state index in [2.05, 4.69) is 0 Å². The fraction of sp³-hybridized carbons (Fsp3) is 0. The summed E-state index contributed by atoms with van der Waals surface area (Å²) < 4.78 is 0. The number of hydrogen-bond acceptors (Lipinski definition) is 0. The molecule has 0 spiro atoms. The van der Waals surface area contributed by atoms with Crippen LogP contribution in [0.15, 0.2) is 0 Å².